The first-order valence-electron chi connectivity index (χ1n) is 12.8. The van der Waals surface area contributed by atoms with E-state index in [0.29, 0.717) is 22.7 Å². The molecule has 3 aromatic carbocycles. The molecule has 0 aromatic heterocycles. The van der Waals surface area contributed by atoms with Gasteiger partial charge in [-0.15, -0.1) is 0 Å². The third-order valence-corrected chi connectivity index (χ3v) is 6.54. The van der Waals surface area contributed by atoms with Crippen LogP contribution in [-0.4, -0.2) is 65.2 Å². The number of hydrogen-bond donors (Lipinski definition) is 4. The zero-order valence-corrected chi connectivity index (χ0v) is 22.5. The first-order chi connectivity index (χ1) is 19.6. The van der Waals surface area contributed by atoms with Crippen LogP contribution >= 0.6 is 0 Å². The number of hydrogen-bond acceptors (Lipinski definition) is 5. The summed E-state index contributed by atoms with van der Waals surface area (Å²) in [5.74, 6) is -1.91. The second-order valence-electron chi connectivity index (χ2n) is 9.43. The Kier molecular flexibility index (Phi) is 9.02. The summed E-state index contributed by atoms with van der Waals surface area (Å²) in [4.78, 5) is 54.3. The number of aliphatic carboxylic acids is 1. The highest BCUT2D eigenvalue weighted by atomic mass is 19.1. The number of anilines is 2. The van der Waals surface area contributed by atoms with Gasteiger partial charge in [-0.1, -0.05) is 29.8 Å². The number of nitrogens with one attached hydrogen (secondary N) is 3. The number of urea groups is 2. The number of rotatable bonds is 8. The first kappa shape index (κ1) is 28.9. The number of carboxylic acid groups (broad SMARTS) is 1. The Bertz CT molecular complexity index is 1400. The highest BCUT2D eigenvalue weighted by molar-refractivity contribution is 5.98. The Morgan fingerprint density at radius 2 is 1.39 bits per heavy atom. The van der Waals surface area contributed by atoms with Gasteiger partial charge in [0.25, 0.3) is 5.91 Å². The Balaban J connectivity index is 1.59. The monoisotopic (exact) mass is 563 g/mol. The number of carbonyl (C=O) groups excluding carboxylic acids is 3. The molecule has 4 rings (SSSR count). The number of methoxy groups -OCH3 is 1. The van der Waals surface area contributed by atoms with Gasteiger partial charge in [0.2, 0.25) is 0 Å². The van der Waals surface area contributed by atoms with Gasteiger partial charge in [-0.3, -0.25) is 19.4 Å². The number of ether oxygens (including phenoxy) is 1. The van der Waals surface area contributed by atoms with Crippen LogP contribution in [0, 0.1) is 12.7 Å². The van der Waals surface area contributed by atoms with Crippen molar-refractivity contribution in [3.05, 3.63) is 89.7 Å². The zero-order chi connectivity index (χ0) is 29.5. The van der Waals surface area contributed by atoms with Crippen molar-refractivity contribution < 1.29 is 33.4 Å². The summed E-state index contributed by atoms with van der Waals surface area (Å²) in [6.07, 6.45) is -1.91. The Morgan fingerprint density at radius 3 is 1.88 bits per heavy atom. The molecule has 0 bridgehead atoms. The van der Waals surface area contributed by atoms with Crippen molar-refractivity contribution >= 4 is 35.3 Å². The third-order valence-electron chi connectivity index (χ3n) is 6.54. The molecule has 0 radical (unpaired) electrons. The Labute approximate surface area is 235 Å². The summed E-state index contributed by atoms with van der Waals surface area (Å²) in [5.41, 5.74) is 2.28. The summed E-state index contributed by atoms with van der Waals surface area (Å²) in [6.45, 7) is 1.97. The number of halogens is 1. The van der Waals surface area contributed by atoms with Gasteiger partial charge in [-0.05, 0) is 61.0 Å². The van der Waals surface area contributed by atoms with Crippen LogP contribution in [0.1, 0.15) is 23.6 Å². The molecule has 3 aromatic rings. The maximum atomic E-state index is 13.7. The van der Waals surface area contributed by atoms with Crippen LogP contribution in [0.5, 0.6) is 5.75 Å². The number of carboxylic acids is 1. The topological polar surface area (TPSA) is 140 Å². The van der Waals surface area contributed by atoms with E-state index in [2.05, 4.69) is 16.0 Å². The van der Waals surface area contributed by atoms with Gasteiger partial charge in [0.05, 0.1) is 19.6 Å². The molecule has 1 saturated heterocycles. The van der Waals surface area contributed by atoms with Gasteiger partial charge in [0.15, 0.2) is 6.17 Å². The van der Waals surface area contributed by atoms with Gasteiger partial charge < -0.3 is 25.8 Å². The van der Waals surface area contributed by atoms with Gasteiger partial charge in [0.1, 0.15) is 11.6 Å². The van der Waals surface area contributed by atoms with Gasteiger partial charge in [-0.2, -0.15) is 0 Å². The molecule has 0 aliphatic carbocycles. The molecule has 1 heterocycles. The van der Waals surface area contributed by atoms with Gasteiger partial charge >= 0.3 is 18.0 Å². The lowest BCUT2D eigenvalue weighted by Gasteiger charge is -2.31. The zero-order valence-electron chi connectivity index (χ0n) is 22.5. The predicted octanol–water partition coefficient (Wildman–Crippen LogP) is 4.18. The smallest absolute Gasteiger partial charge is 0.323 e. The van der Waals surface area contributed by atoms with Crippen LogP contribution < -0.4 is 20.7 Å². The van der Waals surface area contributed by atoms with Crippen molar-refractivity contribution in [2.45, 2.75) is 25.6 Å². The van der Waals surface area contributed by atoms with Gasteiger partial charge in [0, 0.05) is 24.5 Å². The predicted molar refractivity (Wildman–Crippen MR) is 149 cm³/mol. The Morgan fingerprint density at radius 1 is 0.878 bits per heavy atom. The number of aryl methyl sites for hydroxylation is 1. The Hall–Kier alpha value is -5.13. The van der Waals surface area contributed by atoms with Gasteiger partial charge in [-0.25, -0.2) is 14.0 Å². The molecule has 214 valence electrons. The quantitative estimate of drug-likeness (QED) is 0.324. The molecule has 11 nitrogen and oxygen atoms in total. The molecule has 1 aliphatic heterocycles. The molecular formula is C29H30FN5O6. The summed E-state index contributed by atoms with van der Waals surface area (Å²) >= 11 is 0. The summed E-state index contributed by atoms with van der Waals surface area (Å²) in [7, 11) is 1.51. The molecular weight excluding hydrogens is 533 g/mol. The van der Waals surface area contributed by atoms with E-state index in [9.17, 15) is 28.7 Å². The normalized spacial score (nSPS) is 15.1. The van der Waals surface area contributed by atoms with Crippen molar-refractivity contribution in [2.24, 2.45) is 0 Å². The second-order valence-corrected chi connectivity index (χ2v) is 9.43. The molecule has 0 spiro atoms. The lowest BCUT2D eigenvalue weighted by atomic mass is 10.0. The van der Waals surface area contributed by atoms with Crippen LogP contribution in [-0.2, 0) is 9.59 Å². The minimum absolute atomic E-state index is 0.0293. The number of carbonyl (C=O) groups is 4. The largest absolute Gasteiger partial charge is 0.497 e. The molecule has 4 N–H and O–H groups in total. The van der Waals surface area contributed by atoms with E-state index in [1.807, 2.05) is 19.1 Å². The lowest BCUT2D eigenvalue weighted by Crippen LogP contribution is -2.56. The van der Waals surface area contributed by atoms with Crippen LogP contribution in [0.15, 0.2) is 72.8 Å². The fraction of sp³-hybridized carbons (Fsp3) is 0.241. The number of benzene rings is 3. The molecule has 1 aliphatic rings. The van der Waals surface area contributed by atoms with Crippen molar-refractivity contribution in [2.75, 3.05) is 30.8 Å². The second kappa shape index (κ2) is 12.8. The maximum Gasteiger partial charge on any atom is 0.323 e. The molecule has 2 unspecified atom stereocenters. The van der Waals surface area contributed by atoms with Crippen molar-refractivity contribution in [3.63, 3.8) is 0 Å². The van der Waals surface area contributed by atoms with Crippen LogP contribution in [0.25, 0.3) is 0 Å². The maximum absolute atomic E-state index is 13.7. The average molecular weight is 564 g/mol. The minimum atomic E-state index is -1.41. The first-order valence-corrected chi connectivity index (χ1v) is 12.8. The number of nitrogens with zero attached hydrogens (tertiary/aromatic N) is 2. The van der Waals surface area contributed by atoms with E-state index in [1.54, 1.807) is 36.4 Å². The molecule has 2 atom stereocenters. The lowest BCUT2D eigenvalue weighted by molar-refractivity contribution is -0.138. The van der Waals surface area contributed by atoms with E-state index in [-0.39, 0.29) is 13.1 Å². The van der Waals surface area contributed by atoms with E-state index >= 15 is 0 Å². The molecule has 0 saturated carbocycles. The third kappa shape index (κ3) is 7.29. The van der Waals surface area contributed by atoms with E-state index < -0.39 is 48.4 Å². The molecule has 12 heteroatoms. The highest BCUT2D eigenvalue weighted by Gasteiger charge is 2.43. The van der Waals surface area contributed by atoms with Crippen LogP contribution in [0.2, 0.25) is 0 Å². The fourth-order valence-corrected chi connectivity index (χ4v) is 4.41. The van der Waals surface area contributed by atoms with Crippen molar-refractivity contribution in [3.8, 4) is 5.75 Å². The van der Waals surface area contributed by atoms with E-state index in [0.717, 1.165) is 17.7 Å². The van der Waals surface area contributed by atoms with E-state index in [1.165, 1.54) is 29.0 Å². The minimum Gasteiger partial charge on any atom is -0.497 e. The standard InChI is InChI=1S/C29H30FN5O6/c1-18-3-9-21(10-4-18)31-28(39)34-15-16-35(29(40)32-22-11-13-23(41-2)14-12-22)27(34)26(38)33-24(17-25(36)37)19-5-7-20(30)8-6-19/h3-14,24,27H,15-17H2,1-2H3,(H,31,39)(H,32,40)(H,33,38)(H,36,37). The summed E-state index contributed by atoms with van der Waals surface area (Å²) in [6, 6.07) is 16.4. The SMILES string of the molecule is COc1ccc(NC(=O)N2CCN(C(=O)Nc3ccc(C)cc3)C2C(=O)NC(CC(=O)O)c2ccc(F)cc2)cc1. The molecule has 41 heavy (non-hydrogen) atoms. The van der Waals surface area contributed by atoms with Crippen LogP contribution in [0.3, 0.4) is 0 Å². The molecule has 1 fully saturated rings. The average Bonchev–Trinajstić information content (AvgIpc) is 3.40. The van der Waals surface area contributed by atoms with Crippen LogP contribution in [0.4, 0.5) is 25.4 Å². The number of amides is 5. The highest BCUT2D eigenvalue weighted by Crippen LogP contribution is 2.23. The van der Waals surface area contributed by atoms with E-state index in [4.69, 9.17) is 4.74 Å². The fourth-order valence-electron chi connectivity index (χ4n) is 4.41. The van der Waals surface area contributed by atoms with Crippen molar-refractivity contribution in [1.29, 1.82) is 0 Å². The van der Waals surface area contributed by atoms with Crippen molar-refractivity contribution in [1.82, 2.24) is 15.1 Å². The molecule has 5 amide bonds. The summed E-state index contributed by atoms with van der Waals surface area (Å²) < 4.78 is 18.6. The summed E-state index contributed by atoms with van der Waals surface area (Å²) in [5, 5.41) is 17.6.